The molecule has 152 valence electrons. The van der Waals surface area contributed by atoms with E-state index in [9.17, 15) is 9.59 Å². The second-order valence-corrected chi connectivity index (χ2v) is 6.23. The minimum Gasteiger partial charge on any atom is -0.496 e. The predicted octanol–water partition coefficient (Wildman–Crippen LogP) is 2.83. The van der Waals surface area contributed by atoms with E-state index in [0.717, 1.165) is 12.0 Å². The molecule has 0 aliphatic rings. The number of thiocarbonyl (C=S) groups is 1. The quantitative estimate of drug-likeness (QED) is 0.368. The lowest BCUT2D eigenvalue weighted by Gasteiger charge is -2.13. The Morgan fingerprint density at radius 3 is 2.45 bits per heavy atom. The maximum absolute atomic E-state index is 12.3. The fourth-order valence-corrected chi connectivity index (χ4v) is 2.48. The van der Waals surface area contributed by atoms with Crippen molar-refractivity contribution >= 4 is 35.2 Å². The summed E-state index contributed by atoms with van der Waals surface area (Å²) in [6, 6.07) is 14.2. The molecule has 8 heteroatoms. The average molecular weight is 413 g/mol. The van der Waals surface area contributed by atoms with Gasteiger partial charge in [-0.1, -0.05) is 37.3 Å². The number of nitrogens with one attached hydrogen (secondary N) is 3. The number of rotatable bonds is 7. The molecule has 0 aromatic heterocycles. The lowest BCUT2D eigenvalue weighted by Crippen LogP contribution is -2.48. The van der Waals surface area contributed by atoms with Crippen LogP contribution in [0.2, 0.25) is 0 Å². The number of amides is 2. The largest absolute Gasteiger partial charge is 0.496 e. The highest BCUT2D eigenvalue weighted by molar-refractivity contribution is 7.80. The summed E-state index contributed by atoms with van der Waals surface area (Å²) in [6.07, 6.45) is 3.75. The molecule has 0 aliphatic carbocycles. The van der Waals surface area contributed by atoms with Gasteiger partial charge in [-0.05, 0) is 42.9 Å². The zero-order valence-corrected chi connectivity index (χ0v) is 17.0. The zero-order chi connectivity index (χ0) is 21.1. The van der Waals surface area contributed by atoms with E-state index >= 15 is 0 Å². The predicted molar refractivity (Wildman–Crippen MR) is 116 cm³/mol. The number of benzene rings is 2. The molecule has 0 aliphatic heterocycles. The van der Waals surface area contributed by atoms with Crippen LogP contribution in [-0.4, -0.2) is 30.6 Å². The molecule has 2 aromatic rings. The first-order valence-corrected chi connectivity index (χ1v) is 9.40. The maximum atomic E-state index is 12.3. The van der Waals surface area contributed by atoms with Crippen LogP contribution in [0.1, 0.15) is 29.3 Å². The van der Waals surface area contributed by atoms with Crippen molar-refractivity contribution in [1.82, 2.24) is 16.2 Å². The van der Waals surface area contributed by atoms with Crippen molar-refractivity contribution < 1.29 is 19.1 Å². The lowest BCUT2D eigenvalue weighted by molar-refractivity contribution is -0.115. The molecule has 0 atom stereocenters. The third kappa shape index (κ3) is 6.93. The van der Waals surface area contributed by atoms with E-state index in [2.05, 4.69) is 16.2 Å². The smallest absolute Gasteiger partial charge is 0.273 e. The van der Waals surface area contributed by atoms with E-state index in [0.29, 0.717) is 23.7 Å². The molecule has 0 saturated carbocycles. The Morgan fingerprint density at radius 2 is 1.72 bits per heavy atom. The lowest BCUT2D eigenvalue weighted by atomic mass is 10.2. The van der Waals surface area contributed by atoms with Gasteiger partial charge in [-0.2, -0.15) is 0 Å². The standard InChI is InChI=1S/C21H23N3O4S/c1-3-14-28-18-11-7-5-9-16(18)20(26)23-24-21(29)22-19(25)13-12-15-8-4-6-10-17(15)27-2/h4-13H,3,14H2,1-2H3,(H,23,26)(H2,22,24,25,29). The van der Waals surface area contributed by atoms with Crippen LogP contribution in [0.25, 0.3) is 6.08 Å². The number of hydrogen-bond donors (Lipinski definition) is 3. The highest BCUT2D eigenvalue weighted by atomic mass is 32.1. The molecule has 2 aromatic carbocycles. The van der Waals surface area contributed by atoms with Gasteiger partial charge in [0.1, 0.15) is 11.5 Å². The summed E-state index contributed by atoms with van der Waals surface area (Å²) in [5.74, 6) is 0.240. The number of ether oxygens (including phenoxy) is 2. The first-order chi connectivity index (χ1) is 14.0. The Balaban J connectivity index is 1.87. The van der Waals surface area contributed by atoms with Gasteiger partial charge in [0.25, 0.3) is 5.91 Å². The van der Waals surface area contributed by atoms with E-state index in [1.165, 1.54) is 6.08 Å². The van der Waals surface area contributed by atoms with Gasteiger partial charge in [-0.3, -0.25) is 25.8 Å². The molecular formula is C21H23N3O4S. The van der Waals surface area contributed by atoms with Crippen LogP contribution in [0.3, 0.4) is 0 Å². The van der Waals surface area contributed by atoms with E-state index in [1.54, 1.807) is 43.5 Å². The molecule has 7 nitrogen and oxygen atoms in total. The van der Waals surface area contributed by atoms with E-state index in [-0.39, 0.29) is 5.11 Å². The van der Waals surface area contributed by atoms with Gasteiger partial charge in [0.15, 0.2) is 5.11 Å². The van der Waals surface area contributed by atoms with Crippen molar-refractivity contribution in [3.8, 4) is 11.5 Å². The van der Waals surface area contributed by atoms with E-state index in [4.69, 9.17) is 21.7 Å². The summed E-state index contributed by atoms with van der Waals surface area (Å²) in [6.45, 7) is 2.48. The molecule has 0 unspecified atom stereocenters. The molecule has 0 bridgehead atoms. The monoisotopic (exact) mass is 413 g/mol. The van der Waals surface area contributed by atoms with Gasteiger partial charge < -0.3 is 9.47 Å². The third-order valence-corrected chi connectivity index (χ3v) is 3.88. The topological polar surface area (TPSA) is 88.7 Å². The van der Waals surface area contributed by atoms with Gasteiger partial charge in [0, 0.05) is 11.6 Å². The summed E-state index contributed by atoms with van der Waals surface area (Å²) in [7, 11) is 1.56. The summed E-state index contributed by atoms with van der Waals surface area (Å²) in [5, 5.41) is 2.41. The molecule has 0 saturated heterocycles. The summed E-state index contributed by atoms with van der Waals surface area (Å²) >= 11 is 5.03. The summed E-state index contributed by atoms with van der Waals surface area (Å²) in [4.78, 5) is 24.4. The van der Waals surface area contributed by atoms with Gasteiger partial charge in [0.2, 0.25) is 5.91 Å². The number of carbonyl (C=O) groups is 2. The van der Waals surface area contributed by atoms with Crippen LogP contribution in [0.15, 0.2) is 54.6 Å². The summed E-state index contributed by atoms with van der Waals surface area (Å²) < 4.78 is 10.8. The molecule has 0 heterocycles. The first-order valence-electron chi connectivity index (χ1n) is 8.99. The molecule has 0 radical (unpaired) electrons. The first kappa shape index (κ1) is 21.9. The Bertz CT molecular complexity index is 899. The highest BCUT2D eigenvalue weighted by Crippen LogP contribution is 2.19. The molecule has 3 N–H and O–H groups in total. The van der Waals surface area contributed by atoms with E-state index < -0.39 is 11.8 Å². The fourth-order valence-electron chi connectivity index (χ4n) is 2.33. The van der Waals surface area contributed by atoms with Crippen molar-refractivity contribution in [2.24, 2.45) is 0 Å². The Morgan fingerprint density at radius 1 is 1.03 bits per heavy atom. The second kappa shape index (κ2) is 11.5. The SMILES string of the molecule is CCCOc1ccccc1C(=O)NNC(=S)NC(=O)C=Cc1ccccc1OC. The van der Waals surface area contributed by atoms with Crippen molar-refractivity contribution in [3.63, 3.8) is 0 Å². The maximum Gasteiger partial charge on any atom is 0.273 e. The normalized spacial score (nSPS) is 10.3. The number of carbonyl (C=O) groups excluding carboxylic acids is 2. The second-order valence-electron chi connectivity index (χ2n) is 5.82. The molecular weight excluding hydrogens is 390 g/mol. The van der Waals surface area contributed by atoms with Crippen LogP contribution >= 0.6 is 12.2 Å². The molecule has 0 spiro atoms. The molecule has 29 heavy (non-hydrogen) atoms. The van der Waals surface area contributed by atoms with Crippen LogP contribution < -0.4 is 25.6 Å². The number of hydrogen-bond acceptors (Lipinski definition) is 5. The fraction of sp³-hybridized carbons (Fsp3) is 0.190. The highest BCUT2D eigenvalue weighted by Gasteiger charge is 2.12. The zero-order valence-electron chi connectivity index (χ0n) is 16.2. The number of hydrazine groups is 1. The van der Waals surface area contributed by atoms with Gasteiger partial charge in [-0.25, -0.2) is 0 Å². The van der Waals surface area contributed by atoms with Gasteiger partial charge >= 0.3 is 0 Å². The van der Waals surface area contributed by atoms with Crippen LogP contribution in [-0.2, 0) is 4.79 Å². The van der Waals surface area contributed by atoms with Crippen molar-refractivity contribution in [2.45, 2.75) is 13.3 Å². The van der Waals surface area contributed by atoms with Crippen LogP contribution in [0.5, 0.6) is 11.5 Å². The van der Waals surface area contributed by atoms with Crippen molar-refractivity contribution in [3.05, 3.63) is 65.7 Å². The molecule has 2 amide bonds. The van der Waals surface area contributed by atoms with Crippen LogP contribution in [0, 0.1) is 0 Å². The van der Waals surface area contributed by atoms with Gasteiger partial charge in [0.05, 0.1) is 19.3 Å². The molecule has 2 rings (SSSR count). The Labute approximate surface area is 175 Å². The third-order valence-electron chi connectivity index (χ3n) is 3.67. The van der Waals surface area contributed by atoms with E-state index in [1.807, 2.05) is 25.1 Å². The number of para-hydroxylation sites is 2. The summed E-state index contributed by atoms with van der Waals surface area (Å²) in [5.41, 5.74) is 6.06. The minimum absolute atomic E-state index is 0.0417. The van der Waals surface area contributed by atoms with Crippen molar-refractivity contribution in [2.75, 3.05) is 13.7 Å². The Kier molecular flexibility index (Phi) is 8.65. The van der Waals surface area contributed by atoms with Crippen molar-refractivity contribution in [1.29, 1.82) is 0 Å². The minimum atomic E-state index is -0.450. The Hall–Kier alpha value is -3.39. The average Bonchev–Trinajstić information content (AvgIpc) is 2.75. The van der Waals surface area contributed by atoms with Crippen LogP contribution in [0.4, 0.5) is 0 Å². The van der Waals surface area contributed by atoms with Gasteiger partial charge in [-0.15, -0.1) is 0 Å². The molecule has 0 fully saturated rings. The number of methoxy groups -OCH3 is 1.